The second-order valence-electron chi connectivity index (χ2n) is 3.60. The zero-order chi connectivity index (χ0) is 9.97. The van der Waals surface area contributed by atoms with Crippen LogP contribution in [0.4, 0.5) is 0 Å². The molecule has 0 bridgehead atoms. The molecule has 2 rings (SSSR count). The summed E-state index contributed by atoms with van der Waals surface area (Å²) in [5.41, 5.74) is 1.21. The first-order chi connectivity index (χ1) is 6.77. The summed E-state index contributed by atoms with van der Waals surface area (Å²) < 4.78 is 0. The fourth-order valence-electron chi connectivity index (χ4n) is 1.33. The minimum Gasteiger partial charge on any atom is -0.264 e. The van der Waals surface area contributed by atoms with Crippen molar-refractivity contribution in [1.82, 2.24) is 4.98 Å². The third kappa shape index (κ3) is 1.85. The maximum Gasteiger partial charge on any atom is 0.0361 e. The molecule has 2 aromatic heterocycles. The minimum atomic E-state index is 0.616. The Hall–Kier alpha value is -1.15. The molecule has 0 aromatic carbocycles. The van der Waals surface area contributed by atoms with Gasteiger partial charge in [-0.3, -0.25) is 4.98 Å². The summed E-state index contributed by atoms with van der Waals surface area (Å²) in [6, 6.07) is 8.46. The van der Waals surface area contributed by atoms with E-state index >= 15 is 0 Å². The van der Waals surface area contributed by atoms with Crippen molar-refractivity contribution in [3.05, 3.63) is 41.5 Å². The van der Waals surface area contributed by atoms with Crippen molar-refractivity contribution in [1.29, 1.82) is 0 Å². The molecule has 72 valence electrons. The Morgan fingerprint density at radius 2 is 2.07 bits per heavy atom. The standard InChI is InChI=1S/C12H13NS/c1-9(2)11-5-6-12(14-11)10-4-3-7-13-8-10/h3-9H,1-2H3. The van der Waals surface area contributed by atoms with Crippen LogP contribution in [-0.2, 0) is 0 Å². The third-order valence-electron chi connectivity index (χ3n) is 2.14. The van der Waals surface area contributed by atoms with Gasteiger partial charge in [-0.1, -0.05) is 19.9 Å². The Labute approximate surface area is 88.4 Å². The lowest BCUT2D eigenvalue weighted by molar-refractivity contribution is 0.890. The molecule has 0 aliphatic heterocycles. The van der Waals surface area contributed by atoms with Crippen molar-refractivity contribution in [2.24, 2.45) is 0 Å². The van der Waals surface area contributed by atoms with Gasteiger partial charge >= 0.3 is 0 Å². The molecule has 0 saturated carbocycles. The van der Waals surface area contributed by atoms with E-state index in [1.165, 1.54) is 15.3 Å². The van der Waals surface area contributed by atoms with Crippen LogP contribution in [0, 0.1) is 0 Å². The first-order valence-electron chi connectivity index (χ1n) is 4.77. The van der Waals surface area contributed by atoms with E-state index in [-0.39, 0.29) is 0 Å². The second-order valence-corrected chi connectivity index (χ2v) is 4.71. The van der Waals surface area contributed by atoms with E-state index in [1.54, 1.807) is 6.20 Å². The lowest BCUT2D eigenvalue weighted by atomic mass is 10.2. The monoisotopic (exact) mass is 203 g/mol. The highest BCUT2D eigenvalue weighted by Crippen LogP contribution is 2.31. The van der Waals surface area contributed by atoms with Gasteiger partial charge in [-0.25, -0.2) is 0 Å². The number of nitrogens with zero attached hydrogens (tertiary/aromatic N) is 1. The molecule has 0 aliphatic carbocycles. The van der Waals surface area contributed by atoms with Crippen molar-refractivity contribution in [2.75, 3.05) is 0 Å². The first-order valence-corrected chi connectivity index (χ1v) is 5.59. The molecule has 0 atom stereocenters. The predicted octanol–water partition coefficient (Wildman–Crippen LogP) is 3.93. The second kappa shape index (κ2) is 3.93. The summed E-state index contributed by atoms with van der Waals surface area (Å²) in [7, 11) is 0. The molecule has 0 amide bonds. The lowest BCUT2D eigenvalue weighted by Gasteiger charge is -1.98. The average molecular weight is 203 g/mol. The van der Waals surface area contributed by atoms with Crippen molar-refractivity contribution in [3.63, 3.8) is 0 Å². The van der Waals surface area contributed by atoms with Gasteiger partial charge in [0.25, 0.3) is 0 Å². The van der Waals surface area contributed by atoms with E-state index in [1.807, 2.05) is 23.6 Å². The Balaban J connectivity index is 2.34. The number of thiophene rings is 1. The molecule has 0 fully saturated rings. The van der Waals surface area contributed by atoms with Crippen LogP contribution in [-0.4, -0.2) is 4.98 Å². The molecule has 14 heavy (non-hydrogen) atoms. The van der Waals surface area contributed by atoms with Crippen LogP contribution in [0.5, 0.6) is 0 Å². The van der Waals surface area contributed by atoms with E-state index < -0.39 is 0 Å². The largest absolute Gasteiger partial charge is 0.264 e. The van der Waals surface area contributed by atoms with Crippen LogP contribution in [0.3, 0.4) is 0 Å². The van der Waals surface area contributed by atoms with Crippen molar-refractivity contribution in [2.45, 2.75) is 19.8 Å². The van der Waals surface area contributed by atoms with E-state index in [0.29, 0.717) is 5.92 Å². The molecular formula is C12H13NS. The highest BCUT2D eigenvalue weighted by molar-refractivity contribution is 7.15. The Bertz CT molecular complexity index is 403. The van der Waals surface area contributed by atoms with Gasteiger partial charge in [-0.05, 0) is 24.1 Å². The zero-order valence-corrected chi connectivity index (χ0v) is 9.21. The summed E-state index contributed by atoms with van der Waals surface area (Å²) in [4.78, 5) is 6.86. The summed E-state index contributed by atoms with van der Waals surface area (Å²) in [5, 5.41) is 0. The van der Waals surface area contributed by atoms with Gasteiger partial charge in [0.15, 0.2) is 0 Å². The molecule has 0 aliphatic rings. The molecule has 1 nitrogen and oxygen atoms in total. The molecule has 2 heterocycles. The maximum absolute atomic E-state index is 4.12. The zero-order valence-electron chi connectivity index (χ0n) is 8.40. The first kappa shape index (κ1) is 9.41. The third-order valence-corrected chi connectivity index (χ3v) is 3.58. The lowest BCUT2D eigenvalue weighted by Crippen LogP contribution is -1.77. The molecule has 0 radical (unpaired) electrons. The Morgan fingerprint density at radius 1 is 1.21 bits per heavy atom. The molecule has 0 unspecified atom stereocenters. The van der Waals surface area contributed by atoms with E-state index in [0.717, 1.165) is 0 Å². The highest BCUT2D eigenvalue weighted by Gasteiger charge is 2.04. The van der Waals surface area contributed by atoms with Crippen molar-refractivity contribution >= 4 is 11.3 Å². The van der Waals surface area contributed by atoms with Crippen molar-refractivity contribution in [3.8, 4) is 10.4 Å². The van der Waals surface area contributed by atoms with Gasteiger partial charge in [-0.15, -0.1) is 11.3 Å². The predicted molar refractivity (Wildman–Crippen MR) is 61.6 cm³/mol. The topological polar surface area (TPSA) is 12.9 Å². The molecule has 0 saturated heterocycles. The normalized spacial score (nSPS) is 10.8. The fourth-order valence-corrected chi connectivity index (χ4v) is 2.33. The fraction of sp³-hybridized carbons (Fsp3) is 0.250. The van der Waals surface area contributed by atoms with Gasteiger partial charge in [0.2, 0.25) is 0 Å². The van der Waals surface area contributed by atoms with Crippen molar-refractivity contribution < 1.29 is 0 Å². The van der Waals surface area contributed by atoms with Gasteiger partial charge in [0.1, 0.15) is 0 Å². The minimum absolute atomic E-state index is 0.616. The van der Waals surface area contributed by atoms with E-state index in [9.17, 15) is 0 Å². The van der Waals surface area contributed by atoms with Gasteiger partial charge in [0, 0.05) is 27.7 Å². The molecule has 2 aromatic rings. The summed E-state index contributed by atoms with van der Waals surface area (Å²) in [5.74, 6) is 0.616. The number of rotatable bonds is 2. The quantitative estimate of drug-likeness (QED) is 0.720. The smallest absolute Gasteiger partial charge is 0.0361 e. The van der Waals surface area contributed by atoms with Crippen LogP contribution < -0.4 is 0 Å². The van der Waals surface area contributed by atoms with Crippen LogP contribution in [0.25, 0.3) is 10.4 Å². The van der Waals surface area contributed by atoms with Crippen LogP contribution >= 0.6 is 11.3 Å². The highest BCUT2D eigenvalue weighted by atomic mass is 32.1. The van der Waals surface area contributed by atoms with Crippen LogP contribution in [0.2, 0.25) is 0 Å². The number of hydrogen-bond donors (Lipinski definition) is 0. The number of hydrogen-bond acceptors (Lipinski definition) is 2. The number of aromatic nitrogens is 1. The SMILES string of the molecule is CC(C)c1ccc(-c2cccnc2)s1. The number of pyridine rings is 1. The Kier molecular flexibility index (Phi) is 2.64. The summed E-state index contributed by atoms with van der Waals surface area (Å²) in [6.07, 6.45) is 3.72. The maximum atomic E-state index is 4.12. The van der Waals surface area contributed by atoms with Gasteiger partial charge in [-0.2, -0.15) is 0 Å². The molecule has 2 heteroatoms. The Morgan fingerprint density at radius 3 is 2.64 bits per heavy atom. The summed E-state index contributed by atoms with van der Waals surface area (Å²) >= 11 is 1.85. The van der Waals surface area contributed by atoms with Crippen LogP contribution in [0.15, 0.2) is 36.7 Å². The van der Waals surface area contributed by atoms with Gasteiger partial charge in [0.05, 0.1) is 0 Å². The van der Waals surface area contributed by atoms with E-state index in [4.69, 9.17) is 0 Å². The summed E-state index contributed by atoms with van der Waals surface area (Å²) in [6.45, 7) is 4.44. The van der Waals surface area contributed by atoms with Crippen LogP contribution in [0.1, 0.15) is 24.6 Å². The van der Waals surface area contributed by atoms with E-state index in [2.05, 4.69) is 37.0 Å². The van der Waals surface area contributed by atoms with Gasteiger partial charge < -0.3 is 0 Å². The molecule has 0 N–H and O–H groups in total. The average Bonchev–Trinajstić information content (AvgIpc) is 2.68. The molecular weight excluding hydrogens is 190 g/mol. The molecule has 0 spiro atoms.